The lowest BCUT2D eigenvalue weighted by Gasteiger charge is -2.09. The Morgan fingerprint density at radius 2 is 1.25 bits per heavy atom. The molecule has 2 heteroatoms. The van der Waals surface area contributed by atoms with Gasteiger partial charge in [-0.2, -0.15) is 0 Å². The molecule has 8 heavy (non-hydrogen) atoms. The van der Waals surface area contributed by atoms with Crippen LogP contribution in [0.25, 0.3) is 0 Å². The second-order valence-corrected chi connectivity index (χ2v) is 1.10. The van der Waals surface area contributed by atoms with Gasteiger partial charge in [-0.1, -0.05) is 20.7 Å². The first kappa shape index (κ1) is 10.9. The van der Waals surface area contributed by atoms with E-state index in [4.69, 9.17) is 0 Å². The topological polar surface area (TPSA) is 12.0 Å². The highest BCUT2D eigenvalue weighted by Gasteiger charge is 1.92. The Morgan fingerprint density at radius 3 is 1.25 bits per heavy atom. The van der Waals surface area contributed by atoms with Gasteiger partial charge in [-0.05, 0) is 19.5 Å². The molecule has 1 heterocycles. The number of hydrogen-bond donors (Lipinski definition) is 1. The number of nitrogens with one attached hydrogen (secondary N) is 1. The van der Waals surface area contributed by atoms with Crippen molar-refractivity contribution in [3.63, 3.8) is 0 Å². The van der Waals surface area contributed by atoms with Crippen LogP contribution in [0.15, 0.2) is 0 Å². The van der Waals surface area contributed by atoms with E-state index < -0.39 is 0 Å². The summed E-state index contributed by atoms with van der Waals surface area (Å²) < 4.78 is 0. The average molecular weight is 113 g/mol. The lowest BCUT2D eigenvalue weighted by atomic mass is 10.2. The van der Waals surface area contributed by atoms with E-state index in [0.717, 1.165) is 0 Å². The van der Waals surface area contributed by atoms with Crippen molar-refractivity contribution in [2.45, 2.75) is 27.1 Å². The van der Waals surface area contributed by atoms with Crippen molar-refractivity contribution in [3.05, 3.63) is 0 Å². The normalized spacial score (nSPS) is 13.4. The number of hydrogen-bond acceptors (Lipinski definition) is 1. The Labute approximate surface area is 54.3 Å². The molecule has 0 amide bonds. The molecule has 1 nitrogen and oxygen atoms in total. The molecule has 0 spiro atoms. The molecule has 0 aromatic rings. The maximum atomic E-state index is 4.50. The Morgan fingerprint density at radius 1 is 1.12 bits per heavy atom. The quantitative estimate of drug-likeness (QED) is 0.465. The Balaban J connectivity index is 0. The van der Waals surface area contributed by atoms with Crippen molar-refractivity contribution in [2.75, 3.05) is 13.1 Å². The smallest absolute Gasteiger partial charge is 0.0606 e. The van der Waals surface area contributed by atoms with Crippen molar-refractivity contribution in [2.24, 2.45) is 0 Å². The summed E-state index contributed by atoms with van der Waals surface area (Å²) >= 11 is 0. The lowest BCUT2D eigenvalue weighted by molar-refractivity contribution is 0.527. The molecule has 0 aliphatic carbocycles. The molecular formula is C6H16BN. The molecule has 48 valence electrons. The van der Waals surface area contributed by atoms with Crippen LogP contribution < -0.4 is 5.32 Å². The molecule has 1 aliphatic heterocycles. The minimum absolute atomic E-state index is 1.25. The molecule has 1 rings (SSSR count). The average Bonchev–Trinajstić information content (AvgIpc) is 1.72. The van der Waals surface area contributed by atoms with Gasteiger partial charge in [0.05, 0.1) is 7.85 Å². The van der Waals surface area contributed by atoms with E-state index in [2.05, 4.69) is 13.2 Å². The summed E-state index contributed by atoms with van der Waals surface area (Å²) in [6.07, 6.45) is 1.39. The van der Waals surface area contributed by atoms with E-state index >= 15 is 0 Å². The monoisotopic (exact) mass is 113 g/mol. The van der Waals surface area contributed by atoms with Gasteiger partial charge in [-0.15, -0.1) is 0 Å². The third kappa shape index (κ3) is 9.39. The summed E-state index contributed by atoms with van der Waals surface area (Å²) in [7, 11) is 4.50. The predicted molar refractivity (Wildman–Crippen MR) is 40.5 cm³/mol. The lowest BCUT2D eigenvalue weighted by Crippen LogP contribution is -2.29. The Kier molecular flexibility index (Phi) is 21.5. The van der Waals surface area contributed by atoms with Gasteiger partial charge in [0.1, 0.15) is 0 Å². The van der Waals surface area contributed by atoms with E-state index in [-0.39, 0.29) is 0 Å². The predicted octanol–water partition coefficient (Wildman–Crippen LogP) is 1.21. The number of rotatable bonds is 0. The summed E-state index contributed by atoms with van der Waals surface area (Å²) in [4.78, 5) is 0. The molecule has 2 radical (unpaired) electrons. The van der Waals surface area contributed by atoms with Crippen LogP contribution in [0, 0.1) is 0 Å². The van der Waals surface area contributed by atoms with Crippen molar-refractivity contribution in [3.8, 4) is 0 Å². The Hall–Kier alpha value is 0.0249. The van der Waals surface area contributed by atoms with E-state index in [1.165, 1.54) is 26.3 Å². The van der Waals surface area contributed by atoms with E-state index in [9.17, 15) is 0 Å². The first-order valence-electron chi connectivity index (χ1n) is 3.28. The standard InChI is InChI=1S/C3H7N.C2H6.CH3B/c1-2-4-3-1;2*1-2/h4H,1-3H2;1-2H3;1H3. The molecule has 0 saturated carbocycles. The SMILES string of the molecule is C1CNC1.CC.[B]C. The van der Waals surface area contributed by atoms with Gasteiger partial charge >= 0.3 is 0 Å². The fourth-order valence-electron chi connectivity index (χ4n) is 0.177. The minimum atomic E-state index is 1.25. The third-order valence-corrected chi connectivity index (χ3v) is 0.707. The molecule has 1 N–H and O–H groups in total. The molecule has 1 fully saturated rings. The van der Waals surface area contributed by atoms with Crippen LogP contribution in [0.5, 0.6) is 0 Å². The van der Waals surface area contributed by atoms with E-state index in [1.54, 1.807) is 0 Å². The molecule has 0 aromatic heterocycles. The van der Waals surface area contributed by atoms with Crippen molar-refractivity contribution in [1.29, 1.82) is 0 Å². The van der Waals surface area contributed by atoms with Crippen LogP contribution in [-0.2, 0) is 0 Å². The van der Waals surface area contributed by atoms with Crippen molar-refractivity contribution >= 4 is 7.85 Å². The fraction of sp³-hybridized carbons (Fsp3) is 1.00. The molecule has 0 bridgehead atoms. The summed E-state index contributed by atoms with van der Waals surface area (Å²) in [5.74, 6) is 0. The summed E-state index contributed by atoms with van der Waals surface area (Å²) in [6, 6.07) is 0. The zero-order chi connectivity index (χ0) is 6.83. The molecule has 1 aliphatic rings. The molecular weight excluding hydrogens is 96.9 g/mol. The summed E-state index contributed by atoms with van der Waals surface area (Å²) in [5.41, 5.74) is 0. The van der Waals surface area contributed by atoms with Gasteiger partial charge in [-0.25, -0.2) is 0 Å². The fourth-order valence-corrected chi connectivity index (χ4v) is 0.177. The summed E-state index contributed by atoms with van der Waals surface area (Å²) in [6.45, 7) is 8.00. The van der Waals surface area contributed by atoms with Crippen LogP contribution >= 0.6 is 0 Å². The van der Waals surface area contributed by atoms with E-state index in [1.807, 2.05) is 13.8 Å². The van der Waals surface area contributed by atoms with Crippen LogP contribution in [0.4, 0.5) is 0 Å². The largest absolute Gasteiger partial charge is 0.317 e. The van der Waals surface area contributed by atoms with Gasteiger partial charge in [0, 0.05) is 0 Å². The highest BCUT2D eigenvalue weighted by atomic mass is 14.9. The zero-order valence-electron chi connectivity index (χ0n) is 6.20. The van der Waals surface area contributed by atoms with Crippen LogP contribution in [-0.4, -0.2) is 20.9 Å². The maximum absolute atomic E-state index is 4.50. The molecule has 0 unspecified atom stereocenters. The van der Waals surface area contributed by atoms with Crippen LogP contribution in [0.2, 0.25) is 6.82 Å². The highest BCUT2D eigenvalue weighted by Crippen LogP contribution is 1.80. The van der Waals surface area contributed by atoms with Gasteiger partial charge < -0.3 is 5.32 Å². The highest BCUT2D eigenvalue weighted by molar-refractivity contribution is 6.05. The van der Waals surface area contributed by atoms with Crippen LogP contribution in [0.3, 0.4) is 0 Å². The van der Waals surface area contributed by atoms with Gasteiger partial charge in [0.15, 0.2) is 0 Å². The minimum Gasteiger partial charge on any atom is -0.317 e. The van der Waals surface area contributed by atoms with Crippen LogP contribution in [0.1, 0.15) is 20.3 Å². The zero-order valence-corrected chi connectivity index (χ0v) is 6.20. The summed E-state index contributed by atoms with van der Waals surface area (Å²) in [5, 5.41) is 3.11. The first-order chi connectivity index (χ1) is 4.00. The molecule has 0 aromatic carbocycles. The van der Waals surface area contributed by atoms with Gasteiger partial charge in [0.25, 0.3) is 0 Å². The van der Waals surface area contributed by atoms with Gasteiger partial charge in [0.2, 0.25) is 0 Å². The molecule has 1 saturated heterocycles. The Bertz CT molecular complexity index is 16.5. The maximum Gasteiger partial charge on any atom is 0.0606 e. The third-order valence-electron chi connectivity index (χ3n) is 0.707. The molecule has 0 atom stereocenters. The van der Waals surface area contributed by atoms with E-state index in [0.29, 0.717) is 0 Å². The second kappa shape index (κ2) is 15.7. The second-order valence-electron chi connectivity index (χ2n) is 1.10. The van der Waals surface area contributed by atoms with Gasteiger partial charge in [-0.3, -0.25) is 0 Å². The van der Waals surface area contributed by atoms with Crippen molar-refractivity contribution in [1.82, 2.24) is 5.32 Å². The van der Waals surface area contributed by atoms with Crippen molar-refractivity contribution < 1.29 is 0 Å². The first-order valence-corrected chi connectivity index (χ1v) is 3.28.